The minimum absolute atomic E-state index is 0.841. The molecule has 0 spiro atoms. The Morgan fingerprint density at radius 3 is 2.78 bits per heavy atom. The molecular formula is C15H13BrO2. The van der Waals surface area contributed by atoms with Crippen LogP contribution in [0, 0.1) is 6.92 Å². The molecule has 1 aliphatic rings. The Labute approximate surface area is 115 Å². The highest BCUT2D eigenvalue weighted by molar-refractivity contribution is 9.10. The zero-order valence-electron chi connectivity index (χ0n) is 10.3. The van der Waals surface area contributed by atoms with Crippen LogP contribution in [-0.4, -0.2) is 7.11 Å². The summed E-state index contributed by atoms with van der Waals surface area (Å²) in [6.45, 7) is 2.04. The number of halogens is 1. The Morgan fingerprint density at radius 2 is 2.00 bits per heavy atom. The van der Waals surface area contributed by atoms with Crippen molar-refractivity contribution in [2.75, 3.05) is 7.11 Å². The number of benzene rings is 2. The standard InChI is InChI=1S/C15H13BrO2/c1-9-5-14(17-2)12-8-10-7-11(16)3-4-13(10)18-15(12)6-9/h3-7H,8H2,1-2H3. The van der Waals surface area contributed by atoms with Crippen LogP contribution in [0.5, 0.6) is 17.2 Å². The number of hydrogen-bond donors (Lipinski definition) is 0. The molecule has 0 fully saturated rings. The molecule has 3 heteroatoms. The summed E-state index contributed by atoms with van der Waals surface area (Å²) < 4.78 is 12.5. The van der Waals surface area contributed by atoms with E-state index in [1.807, 2.05) is 25.1 Å². The van der Waals surface area contributed by atoms with Gasteiger partial charge < -0.3 is 9.47 Å². The predicted octanol–water partition coefficient (Wildman–Crippen LogP) is 4.46. The molecule has 0 N–H and O–H groups in total. The summed E-state index contributed by atoms with van der Waals surface area (Å²) in [5, 5.41) is 0. The molecule has 0 atom stereocenters. The van der Waals surface area contributed by atoms with Crippen LogP contribution in [0.15, 0.2) is 34.8 Å². The lowest BCUT2D eigenvalue weighted by molar-refractivity contribution is 0.397. The van der Waals surface area contributed by atoms with E-state index in [4.69, 9.17) is 9.47 Å². The van der Waals surface area contributed by atoms with Crippen LogP contribution in [0.1, 0.15) is 16.7 Å². The van der Waals surface area contributed by atoms with Gasteiger partial charge in [0.2, 0.25) is 0 Å². The molecule has 0 aliphatic carbocycles. The van der Waals surface area contributed by atoms with Gasteiger partial charge in [0.15, 0.2) is 0 Å². The average molecular weight is 305 g/mol. The first kappa shape index (κ1) is 11.6. The molecule has 2 nitrogen and oxygen atoms in total. The molecule has 1 aliphatic heterocycles. The maximum absolute atomic E-state index is 5.95. The van der Waals surface area contributed by atoms with E-state index < -0.39 is 0 Å². The van der Waals surface area contributed by atoms with Gasteiger partial charge in [0, 0.05) is 22.0 Å². The van der Waals surface area contributed by atoms with Crippen LogP contribution in [0.2, 0.25) is 0 Å². The van der Waals surface area contributed by atoms with Gasteiger partial charge in [-0.2, -0.15) is 0 Å². The Balaban J connectivity index is 2.13. The molecule has 0 saturated carbocycles. The van der Waals surface area contributed by atoms with Gasteiger partial charge in [0.05, 0.1) is 7.11 Å². The monoisotopic (exact) mass is 304 g/mol. The first-order valence-electron chi connectivity index (χ1n) is 5.81. The van der Waals surface area contributed by atoms with Gasteiger partial charge in [0.1, 0.15) is 17.2 Å². The van der Waals surface area contributed by atoms with Gasteiger partial charge in [-0.25, -0.2) is 0 Å². The lowest BCUT2D eigenvalue weighted by Gasteiger charge is -2.22. The molecular weight excluding hydrogens is 292 g/mol. The van der Waals surface area contributed by atoms with Crippen LogP contribution in [0.3, 0.4) is 0 Å². The number of rotatable bonds is 1. The minimum Gasteiger partial charge on any atom is -0.496 e. The smallest absolute Gasteiger partial charge is 0.134 e. The van der Waals surface area contributed by atoms with Crippen molar-refractivity contribution in [2.45, 2.75) is 13.3 Å². The molecule has 0 radical (unpaired) electrons. The maximum atomic E-state index is 5.95. The van der Waals surface area contributed by atoms with Crippen molar-refractivity contribution >= 4 is 15.9 Å². The fourth-order valence-electron chi connectivity index (χ4n) is 2.29. The summed E-state index contributed by atoms with van der Waals surface area (Å²) in [6.07, 6.45) is 0.841. The van der Waals surface area contributed by atoms with Crippen molar-refractivity contribution in [1.29, 1.82) is 0 Å². The van der Waals surface area contributed by atoms with Gasteiger partial charge in [-0.3, -0.25) is 0 Å². The second kappa shape index (κ2) is 4.32. The zero-order chi connectivity index (χ0) is 12.7. The van der Waals surface area contributed by atoms with Gasteiger partial charge in [-0.1, -0.05) is 15.9 Å². The number of aryl methyl sites for hydroxylation is 1. The summed E-state index contributed by atoms with van der Waals surface area (Å²) in [7, 11) is 1.70. The van der Waals surface area contributed by atoms with Crippen LogP contribution in [-0.2, 0) is 6.42 Å². The van der Waals surface area contributed by atoms with E-state index in [0.29, 0.717) is 0 Å². The van der Waals surface area contributed by atoms with Crippen molar-refractivity contribution in [1.82, 2.24) is 0 Å². The topological polar surface area (TPSA) is 18.5 Å². The van der Waals surface area contributed by atoms with E-state index in [0.717, 1.165) is 39.3 Å². The van der Waals surface area contributed by atoms with Crippen molar-refractivity contribution in [3.05, 3.63) is 51.5 Å². The third-order valence-corrected chi connectivity index (χ3v) is 3.64. The molecule has 0 unspecified atom stereocenters. The molecule has 0 saturated heterocycles. The normalized spacial score (nSPS) is 12.4. The van der Waals surface area contributed by atoms with Gasteiger partial charge in [-0.15, -0.1) is 0 Å². The van der Waals surface area contributed by atoms with E-state index in [2.05, 4.69) is 28.1 Å². The fraction of sp³-hybridized carbons (Fsp3) is 0.200. The van der Waals surface area contributed by atoms with Crippen LogP contribution >= 0.6 is 15.9 Å². The molecule has 2 aromatic rings. The molecule has 92 valence electrons. The van der Waals surface area contributed by atoms with Gasteiger partial charge in [-0.05, 0) is 42.8 Å². The lowest BCUT2D eigenvalue weighted by Crippen LogP contribution is -2.05. The van der Waals surface area contributed by atoms with Crippen molar-refractivity contribution in [2.24, 2.45) is 0 Å². The van der Waals surface area contributed by atoms with E-state index >= 15 is 0 Å². The second-order valence-corrected chi connectivity index (χ2v) is 5.39. The van der Waals surface area contributed by atoms with Gasteiger partial charge in [0.25, 0.3) is 0 Å². The van der Waals surface area contributed by atoms with Crippen LogP contribution < -0.4 is 9.47 Å². The summed E-state index contributed by atoms with van der Waals surface area (Å²) in [5.74, 6) is 2.73. The molecule has 3 rings (SSSR count). The first-order chi connectivity index (χ1) is 8.67. The van der Waals surface area contributed by atoms with Gasteiger partial charge >= 0.3 is 0 Å². The number of fused-ring (bicyclic) bond motifs is 2. The predicted molar refractivity (Wildman–Crippen MR) is 74.8 cm³/mol. The highest BCUT2D eigenvalue weighted by atomic mass is 79.9. The number of hydrogen-bond acceptors (Lipinski definition) is 2. The number of ether oxygens (including phenoxy) is 2. The third kappa shape index (κ3) is 1.89. The summed E-state index contributed by atoms with van der Waals surface area (Å²) in [6, 6.07) is 10.2. The average Bonchev–Trinajstić information content (AvgIpc) is 2.35. The zero-order valence-corrected chi connectivity index (χ0v) is 11.9. The van der Waals surface area contributed by atoms with Crippen molar-refractivity contribution in [3.8, 4) is 17.2 Å². The maximum Gasteiger partial charge on any atom is 0.134 e. The Bertz CT molecular complexity index is 620. The van der Waals surface area contributed by atoms with Crippen molar-refractivity contribution < 1.29 is 9.47 Å². The summed E-state index contributed by atoms with van der Waals surface area (Å²) >= 11 is 3.49. The Kier molecular flexibility index (Phi) is 2.78. The molecule has 1 heterocycles. The van der Waals surface area contributed by atoms with Crippen LogP contribution in [0.4, 0.5) is 0 Å². The fourth-order valence-corrected chi connectivity index (χ4v) is 2.70. The van der Waals surface area contributed by atoms with Crippen molar-refractivity contribution in [3.63, 3.8) is 0 Å². The summed E-state index contributed by atoms with van der Waals surface area (Å²) in [5.41, 5.74) is 3.44. The number of methoxy groups -OCH3 is 1. The quantitative estimate of drug-likeness (QED) is 0.661. The Morgan fingerprint density at radius 1 is 1.17 bits per heavy atom. The molecule has 0 amide bonds. The highest BCUT2D eigenvalue weighted by Crippen LogP contribution is 2.42. The summed E-state index contributed by atoms with van der Waals surface area (Å²) in [4.78, 5) is 0. The molecule has 0 aromatic heterocycles. The highest BCUT2D eigenvalue weighted by Gasteiger charge is 2.21. The molecule has 2 aromatic carbocycles. The lowest BCUT2D eigenvalue weighted by atomic mass is 9.98. The van der Waals surface area contributed by atoms with E-state index in [1.165, 1.54) is 5.56 Å². The van der Waals surface area contributed by atoms with E-state index in [-0.39, 0.29) is 0 Å². The first-order valence-corrected chi connectivity index (χ1v) is 6.60. The van der Waals surface area contributed by atoms with Crippen LogP contribution in [0.25, 0.3) is 0 Å². The third-order valence-electron chi connectivity index (χ3n) is 3.14. The van der Waals surface area contributed by atoms with E-state index in [9.17, 15) is 0 Å². The molecule has 0 bridgehead atoms. The largest absolute Gasteiger partial charge is 0.496 e. The minimum atomic E-state index is 0.841. The Hall–Kier alpha value is -1.48. The molecule has 18 heavy (non-hydrogen) atoms. The van der Waals surface area contributed by atoms with E-state index in [1.54, 1.807) is 7.11 Å². The second-order valence-electron chi connectivity index (χ2n) is 4.47. The SMILES string of the molecule is COc1cc(C)cc2c1Cc1cc(Br)ccc1O2.